The average molecular weight is 264 g/mol. The number of aromatic nitrogens is 3. The van der Waals surface area contributed by atoms with Crippen molar-refractivity contribution < 1.29 is 18.0 Å². The number of halogens is 3. The quantitative estimate of drug-likeness (QED) is 0.806. The molecule has 1 aromatic rings. The summed E-state index contributed by atoms with van der Waals surface area (Å²) < 4.78 is 38.3. The van der Waals surface area contributed by atoms with Gasteiger partial charge in [0.2, 0.25) is 5.91 Å². The third-order valence-corrected chi connectivity index (χ3v) is 2.08. The molecule has 0 bridgehead atoms. The SMILES string of the molecule is CC(C)CN(CC(F)(F)F)C(=O)Cn1ccnn1. The summed E-state index contributed by atoms with van der Waals surface area (Å²) in [5.74, 6) is -0.654. The van der Waals surface area contributed by atoms with Crippen LogP contribution >= 0.6 is 0 Å². The van der Waals surface area contributed by atoms with E-state index in [-0.39, 0.29) is 19.0 Å². The van der Waals surface area contributed by atoms with Crippen molar-refractivity contribution >= 4 is 5.91 Å². The summed E-state index contributed by atoms with van der Waals surface area (Å²) in [5.41, 5.74) is 0. The molecule has 0 unspecified atom stereocenters. The number of hydrogen-bond donors (Lipinski definition) is 0. The zero-order valence-corrected chi connectivity index (χ0v) is 10.2. The summed E-state index contributed by atoms with van der Waals surface area (Å²) in [6, 6.07) is 0. The molecule has 0 aliphatic heterocycles. The van der Waals surface area contributed by atoms with Crippen molar-refractivity contribution in [3.8, 4) is 0 Å². The van der Waals surface area contributed by atoms with Gasteiger partial charge in [-0.1, -0.05) is 19.1 Å². The molecule has 0 radical (unpaired) electrons. The Kier molecular flexibility index (Phi) is 4.69. The number of nitrogens with zero attached hydrogens (tertiary/aromatic N) is 4. The maximum absolute atomic E-state index is 12.4. The van der Waals surface area contributed by atoms with Crippen LogP contribution in [0.15, 0.2) is 12.4 Å². The first-order valence-electron chi connectivity index (χ1n) is 5.46. The molecule has 0 fully saturated rings. The molecule has 0 spiro atoms. The van der Waals surface area contributed by atoms with Gasteiger partial charge < -0.3 is 4.90 Å². The minimum absolute atomic E-state index is 0.0351. The molecule has 18 heavy (non-hydrogen) atoms. The average Bonchev–Trinajstić information content (AvgIpc) is 2.66. The van der Waals surface area contributed by atoms with Gasteiger partial charge in [0.1, 0.15) is 13.1 Å². The third-order valence-electron chi connectivity index (χ3n) is 2.08. The molecular weight excluding hydrogens is 249 g/mol. The van der Waals surface area contributed by atoms with Crippen molar-refractivity contribution in [3.63, 3.8) is 0 Å². The fourth-order valence-corrected chi connectivity index (χ4v) is 1.47. The Labute approximate surface area is 103 Å². The molecule has 8 heteroatoms. The molecule has 0 aromatic carbocycles. The molecule has 0 saturated heterocycles. The Balaban J connectivity index is 2.66. The molecule has 5 nitrogen and oxygen atoms in total. The number of carbonyl (C=O) groups excluding carboxylic acids is 1. The Morgan fingerprint density at radius 2 is 2.11 bits per heavy atom. The van der Waals surface area contributed by atoms with Crippen LogP contribution in [-0.2, 0) is 11.3 Å². The highest BCUT2D eigenvalue weighted by atomic mass is 19.4. The number of alkyl halides is 3. The van der Waals surface area contributed by atoms with Gasteiger partial charge >= 0.3 is 6.18 Å². The molecule has 0 aliphatic rings. The van der Waals surface area contributed by atoms with Crippen molar-refractivity contribution in [1.29, 1.82) is 0 Å². The van der Waals surface area contributed by atoms with Crippen LogP contribution < -0.4 is 0 Å². The van der Waals surface area contributed by atoms with E-state index in [1.807, 2.05) is 0 Å². The first-order valence-corrected chi connectivity index (χ1v) is 5.46. The summed E-state index contributed by atoms with van der Waals surface area (Å²) in [6.07, 6.45) is -1.60. The zero-order chi connectivity index (χ0) is 13.8. The molecule has 0 N–H and O–H groups in total. The van der Waals surface area contributed by atoms with Crippen molar-refractivity contribution in [1.82, 2.24) is 19.9 Å². The van der Waals surface area contributed by atoms with E-state index < -0.39 is 18.6 Å². The van der Waals surface area contributed by atoms with E-state index in [4.69, 9.17) is 0 Å². The molecular formula is C10H15F3N4O. The van der Waals surface area contributed by atoms with Gasteiger partial charge in [-0.05, 0) is 5.92 Å². The van der Waals surface area contributed by atoms with E-state index in [1.54, 1.807) is 13.8 Å². The van der Waals surface area contributed by atoms with E-state index in [0.29, 0.717) is 0 Å². The van der Waals surface area contributed by atoms with Crippen LogP contribution in [0, 0.1) is 5.92 Å². The minimum Gasteiger partial charge on any atom is -0.332 e. The fourth-order valence-electron chi connectivity index (χ4n) is 1.47. The normalized spacial score (nSPS) is 11.9. The summed E-state index contributed by atoms with van der Waals surface area (Å²) in [6.45, 7) is 2.10. The highest BCUT2D eigenvalue weighted by Gasteiger charge is 2.33. The minimum atomic E-state index is -4.40. The predicted molar refractivity (Wildman–Crippen MR) is 57.5 cm³/mol. The second-order valence-electron chi connectivity index (χ2n) is 4.38. The highest BCUT2D eigenvalue weighted by molar-refractivity contribution is 5.75. The Bertz CT molecular complexity index is 375. The second-order valence-corrected chi connectivity index (χ2v) is 4.38. The van der Waals surface area contributed by atoms with Gasteiger partial charge in [0.15, 0.2) is 0 Å². The van der Waals surface area contributed by atoms with Crippen LogP contribution in [0.1, 0.15) is 13.8 Å². The van der Waals surface area contributed by atoms with Gasteiger partial charge in [-0.3, -0.25) is 4.79 Å². The van der Waals surface area contributed by atoms with Crippen molar-refractivity contribution in [2.75, 3.05) is 13.1 Å². The molecule has 0 aliphatic carbocycles. The van der Waals surface area contributed by atoms with E-state index >= 15 is 0 Å². The first kappa shape index (κ1) is 14.5. The number of carbonyl (C=O) groups is 1. The van der Waals surface area contributed by atoms with Crippen LogP contribution in [0.5, 0.6) is 0 Å². The van der Waals surface area contributed by atoms with Crippen molar-refractivity contribution in [2.45, 2.75) is 26.6 Å². The topological polar surface area (TPSA) is 51.0 Å². The second kappa shape index (κ2) is 5.83. The van der Waals surface area contributed by atoms with Gasteiger partial charge in [0.25, 0.3) is 0 Å². The maximum Gasteiger partial charge on any atom is 0.406 e. The van der Waals surface area contributed by atoms with Crippen LogP contribution in [0.2, 0.25) is 0 Å². The van der Waals surface area contributed by atoms with Crippen LogP contribution in [0.25, 0.3) is 0 Å². The zero-order valence-electron chi connectivity index (χ0n) is 10.2. The largest absolute Gasteiger partial charge is 0.406 e. The number of amides is 1. The van der Waals surface area contributed by atoms with Gasteiger partial charge in [-0.25, -0.2) is 4.68 Å². The molecule has 0 saturated carbocycles. The molecule has 1 amide bonds. The lowest BCUT2D eigenvalue weighted by molar-refractivity contribution is -0.162. The van der Waals surface area contributed by atoms with Crippen molar-refractivity contribution in [3.05, 3.63) is 12.4 Å². The molecule has 1 heterocycles. The predicted octanol–water partition coefficient (Wildman–Crippen LogP) is 1.32. The fraction of sp³-hybridized carbons (Fsp3) is 0.700. The smallest absolute Gasteiger partial charge is 0.332 e. The number of hydrogen-bond acceptors (Lipinski definition) is 3. The Morgan fingerprint density at radius 3 is 2.56 bits per heavy atom. The monoisotopic (exact) mass is 264 g/mol. The van der Waals surface area contributed by atoms with Crippen LogP contribution in [0.4, 0.5) is 13.2 Å². The summed E-state index contributed by atoms with van der Waals surface area (Å²) in [7, 11) is 0. The van der Waals surface area contributed by atoms with Crippen LogP contribution in [0.3, 0.4) is 0 Å². The highest BCUT2D eigenvalue weighted by Crippen LogP contribution is 2.17. The van der Waals surface area contributed by atoms with E-state index in [9.17, 15) is 18.0 Å². The summed E-state index contributed by atoms with van der Waals surface area (Å²) in [5, 5.41) is 7.04. The van der Waals surface area contributed by atoms with E-state index in [0.717, 1.165) is 4.90 Å². The van der Waals surface area contributed by atoms with E-state index in [2.05, 4.69) is 10.3 Å². The van der Waals surface area contributed by atoms with Gasteiger partial charge in [0, 0.05) is 12.7 Å². The summed E-state index contributed by atoms with van der Waals surface area (Å²) in [4.78, 5) is 12.6. The van der Waals surface area contributed by atoms with Gasteiger partial charge in [0.05, 0.1) is 6.20 Å². The van der Waals surface area contributed by atoms with Gasteiger partial charge in [-0.15, -0.1) is 5.10 Å². The van der Waals surface area contributed by atoms with Crippen LogP contribution in [-0.4, -0.2) is 45.1 Å². The summed E-state index contributed by atoms with van der Waals surface area (Å²) >= 11 is 0. The Morgan fingerprint density at radius 1 is 1.44 bits per heavy atom. The lowest BCUT2D eigenvalue weighted by Gasteiger charge is -2.25. The lowest BCUT2D eigenvalue weighted by atomic mass is 10.2. The maximum atomic E-state index is 12.4. The van der Waals surface area contributed by atoms with E-state index in [1.165, 1.54) is 17.1 Å². The standard InChI is InChI=1S/C10H15F3N4O/c1-8(2)5-16(7-10(11,12)13)9(18)6-17-4-3-14-15-17/h3-4,8H,5-7H2,1-2H3. The number of rotatable bonds is 5. The molecule has 1 aromatic heterocycles. The third kappa shape index (κ3) is 5.15. The lowest BCUT2D eigenvalue weighted by Crippen LogP contribution is -2.42. The Hall–Kier alpha value is -1.60. The molecule has 0 atom stereocenters. The van der Waals surface area contributed by atoms with Crippen molar-refractivity contribution in [2.24, 2.45) is 5.92 Å². The molecule has 1 rings (SSSR count). The molecule has 102 valence electrons. The van der Waals surface area contributed by atoms with Gasteiger partial charge in [-0.2, -0.15) is 13.2 Å². The first-order chi connectivity index (χ1) is 8.28.